The Morgan fingerprint density at radius 3 is 2.65 bits per heavy atom. The van der Waals surface area contributed by atoms with Gasteiger partial charge in [0.05, 0.1) is 26.8 Å². The van der Waals surface area contributed by atoms with E-state index in [0.717, 1.165) is 18.1 Å². The summed E-state index contributed by atoms with van der Waals surface area (Å²) in [5.74, 6) is 1.34. The van der Waals surface area contributed by atoms with Crippen LogP contribution in [0.3, 0.4) is 0 Å². The second-order valence-electron chi connectivity index (χ2n) is 3.46. The quantitative estimate of drug-likeness (QED) is 0.703. The number of ether oxygens (including phenoxy) is 2. The number of carbonyl (C=O) groups is 1. The van der Waals surface area contributed by atoms with Crippen molar-refractivity contribution in [1.29, 1.82) is 0 Å². The number of pyridine rings is 1. The highest BCUT2D eigenvalue weighted by Crippen LogP contribution is 2.15. The molecule has 0 aliphatic rings. The van der Waals surface area contributed by atoms with Gasteiger partial charge in [-0.3, -0.25) is 4.79 Å². The molecule has 0 radical (unpaired) electrons. The Hall–Kier alpha value is -1.78. The summed E-state index contributed by atoms with van der Waals surface area (Å²) in [6.07, 6.45) is 2.02. The highest BCUT2D eigenvalue weighted by molar-refractivity contribution is 5.69. The van der Waals surface area contributed by atoms with E-state index in [1.807, 2.05) is 24.0 Å². The fourth-order valence-electron chi connectivity index (χ4n) is 1.44. The van der Waals surface area contributed by atoms with Gasteiger partial charge in [-0.15, -0.1) is 0 Å². The highest BCUT2D eigenvalue weighted by Gasteiger charge is 2.08. The van der Waals surface area contributed by atoms with Gasteiger partial charge in [0.25, 0.3) is 0 Å². The first-order valence-corrected chi connectivity index (χ1v) is 5.53. The van der Waals surface area contributed by atoms with E-state index in [-0.39, 0.29) is 5.97 Å². The fourth-order valence-corrected chi connectivity index (χ4v) is 1.44. The van der Waals surface area contributed by atoms with E-state index < -0.39 is 0 Å². The van der Waals surface area contributed by atoms with Gasteiger partial charge in [0.1, 0.15) is 11.6 Å². The minimum absolute atomic E-state index is 0.211. The molecule has 0 aromatic carbocycles. The van der Waals surface area contributed by atoms with Gasteiger partial charge < -0.3 is 14.4 Å². The van der Waals surface area contributed by atoms with E-state index in [1.54, 1.807) is 13.3 Å². The van der Waals surface area contributed by atoms with Crippen LogP contribution in [0.1, 0.15) is 13.3 Å². The van der Waals surface area contributed by atoms with Crippen molar-refractivity contribution >= 4 is 11.8 Å². The lowest BCUT2D eigenvalue weighted by molar-refractivity contribution is -0.140. The van der Waals surface area contributed by atoms with E-state index in [0.29, 0.717) is 13.0 Å². The second kappa shape index (κ2) is 6.73. The van der Waals surface area contributed by atoms with Crippen LogP contribution >= 0.6 is 0 Å². The Bertz CT molecular complexity index is 351. The second-order valence-corrected chi connectivity index (χ2v) is 3.46. The summed E-state index contributed by atoms with van der Waals surface area (Å²) in [5, 5.41) is 0. The van der Waals surface area contributed by atoms with Crippen LogP contribution in [0.15, 0.2) is 18.3 Å². The lowest BCUT2D eigenvalue weighted by atomic mass is 10.3. The summed E-state index contributed by atoms with van der Waals surface area (Å²) in [5.41, 5.74) is 0. The molecule has 1 aromatic rings. The first-order chi connectivity index (χ1) is 8.21. The maximum absolute atomic E-state index is 11.1. The first-order valence-electron chi connectivity index (χ1n) is 5.53. The molecule has 5 heteroatoms. The number of rotatable bonds is 6. The molecule has 0 N–H and O–H groups in total. The molecule has 0 unspecified atom stereocenters. The molecular weight excluding hydrogens is 220 g/mol. The topological polar surface area (TPSA) is 51.7 Å². The molecule has 0 spiro atoms. The third kappa shape index (κ3) is 3.94. The number of esters is 1. The number of nitrogens with zero attached hydrogens (tertiary/aromatic N) is 2. The van der Waals surface area contributed by atoms with Gasteiger partial charge in [0, 0.05) is 13.1 Å². The Morgan fingerprint density at radius 2 is 2.18 bits per heavy atom. The molecule has 0 atom stereocenters. The number of carbonyl (C=O) groups excluding carboxylic acids is 1. The van der Waals surface area contributed by atoms with E-state index in [1.165, 1.54) is 7.11 Å². The molecule has 17 heavy (non-hydrogen) atoms. The van der Waals surface area contributed by atoms with E-state index in [4.69, 9.17) is 4.74 Å². The van der Waals surface area contributed by atoms with Crippen molar-refractivity contribution in [2.24, 2.45) is 0 Å². The van der Waals surface area contributed by atoms with Gasteiger partial charge in [-0.1, -0.05) is 0 Å². The molecule has 0 saturated heterocycles. The SMILES string of the molecule is CCN(CCC(=O)OC)c1ccc(OC)cn1. The number of methoxy groups -OCH3 is 2. The third-order valence-electron chi connectivity index (χ3n) is 2.48. The Balaban J connectivity index is 2.62. The highest BCUT2D eigenvalue weighted by atomic mass is 16.5. The number of hydrogen-bond acceptors (Lipinski definition) is 5. The molecule has 0 aliphatic carbocycles. The predicted molar refractivity (Wildman–Crippen MR) is 65.3 cm³/mol. The lowest BCUT2D eigenvalue weighted by Crippen LogP contribution is -2.26. The Kier molecular flexibility index (Phi) is 5.26. The predicted octanol–water partition coefficient (Wildman–Crippen LogP) is 1.48. The summed E-state index contributed by atoms with van der Waals surface area (Å²) in [6, 6.07) is 3.72. The number of aromatic nitrogens is 1. The molecule has 0 aliphatic heterocycles. The van der Waals surface area contributed by atoms with Gasteiger partial charge >= 0.3 is 5.97 Å². The van der Waals surface area contributed by atoms with Gasteiger partial charge in [-0.25, -0.2) is 4.98 Å². The van der Waals surface area contributed by atoms with Gasteiger partial charge in [0.15, 0.2) is 0 Å². The molecule has 1 heterocycles. The largest absolute Gasteiger partial charge is 0.495 e. The van der Waals surface area contributed by atoms with Crippen LogP contribution in [-0.2, 0) is 9.53 Å². The smallest absolute Gasteiger partial charge is 0.307 e. The molecule has 0 bridgehead atoms. The molecule has 0 amide bonds. The summed E-state index contributed by atoms with van der Waals surface area (Å²) in [7, 11) is 3.00. The maximum Gasteiger partial charge on any atom is 0.307 e. The summed E-state index contributed by atoms with van der Waals surface area (Å²) >= 11 is 0. The van der Waals surface area contributed by atoms with Crippen molar-refractivity contribution in [3.8, 4) is 5.75 Å². The standard InChI is InChI=1S/C12H18N2O3/c1-4-14(8-7-12(15)17-3)11-6-5-10(16-2)9-13-11/h5-6,9H,4,7-8H2,1-3H3. The summed E-state index contributed by atoms with van der Waals surface area (Å²) in [4.78, 5) is 17.4. The number of anilines is 1. The monoisotopic (exact) mass is 238 g/mol. The van der Waals surface area contributed by atoms with Crippen molar-refractivity contribution < 1.29 is 14.3 Å². The minimum atomic E-state index is -0.211. The van der Waals surface area contributed by atoms with Crippen molar-refractivity contribution in [2.45, 2.75) is 13.3 Å². The minimum Gasteiger partial charge on any atom is -0.495 e. The van der Waals surface area contributed by atoms with Crippen LogP contribution in [0, 0.1) is 0 Å². The third-order valence-corrected chi connectivity index (χ3v) is 2.48. The molecule has 0 fully saturated rings. The Morgan fingerprint density at radius 1 is 1.41 bits per heavy atom. The van der Waals surface area contributed by atoms with Crippen molar-refractivity contribution in [2.75, 3.05) is 32.2 Å². The zero-order valence-corrected chi connectivity index (χ0v) is 10.5. The van der Waals surface area contributed by atoms with E-state index in [2.05, 4.69) is 9.72 Å². The molecule has 1 aromatic heterocycles. The number of hydrogen-bond donors (Lipinski definition) is 0. The van der Waals surface area contributed by atoms with Crippen molar-refractivity contribution in [3.63, 3.8) is 0 Å². The summed E-state index contributed by atoms with van der Waals surface area (Å²) in [6.45, 7) is 3.40. The van der Waals surface area contributed by atoms with Crippen LogP contribution in [0.25, 0.3) is 0 Å². The fraction of sp³-hybridized carbons (Fsp3) is 0.500. The average Bonchev–Trinajstić information content (AvgIpc) is 2.39. The molecular formula is C12H18N2O3. The molecule has 5 nitrogen and oxygen atoms in total. The molecule has 0 saturated carbocycles. The van der Waals surface area contributed by atoms with Crippen molar-refractivity contribution in [1.82, 2.24) is 4.98 Å². The molecule has 94 valence electrons. The lowest BCUT2D eigenvalue weighted by Gasteiger charge is -2.21. The Labute approximate surface area is 101 Å². The van der Waals surface area contributed by atoms with Gasteiger partial charge in [0.2, 0.25) is 0 Å². The van der Waals surface area contributed by atoms with E-state index >= 15 is 0 Å². The van der Waals surface area contributed by atoms with Crippen LogP contribution < -0.4 is 9.64 Å². The average molecular weight is 238 g/mol. The van der Waals surface area contributed by atoms with Crippen LogP contribution in [0.5, 0.6) is 5.75 Å². The normalized spacial score (nSPS) is 9.82. The van der Waals surface area contributed by atoms with Gasteiger partial charge in [-0.2, -0.15) is 0 Å². The zero-order chi connectivity index (χ0) is 12.7. The maximum atomic E-state index is 11.1. The van der Waals surface area contributed by atoms with Crippen LogP contribution in [0.4, 0.5) is 5.82 Å². The molecule has 1 rings (SSSR count). The zero-order valence-electron chi connectivity index (χ0n) is 10.5. The van der Waals surface area contributed by atoms with E-state index in [9.17, 15) is 4.79 Å². The van der Waals surface area contributed by atoms with Crippen LogP contribution in [-0.4, -0.2) is 38.3 Å². The van der Waals surface area contributed by atoms with Gasteiger partial charge in [-0.05, 0) is 19.1 Å². The van der Waals surface area contributed by atoms with Crippen molar-refractivity contribution in [3.05, 3.63) is 18.3 Å². The summed E-state index contributed by atoms with van der Waals surface area (Å²) < 4.78 is 9.65. The first kappa shape index (κ1) is 13.3. The van der Waals surface area contributed by atoms with Crippen LogP contribution in [0.2, 0.25) is 0 Å².